The third kappa shape index (κ3) is 3.88. The molecule has 0 bridgehead atoms. The molecule has 2 N–H and O–H groups in total. The summed E-state index contributed by atoms with van der Waals surface area (Å²) in [6, 6.07) is 18.8. The Balaban J connectivity index is 1.64. The molecule has 0 amide bonds. The smallest absolute Gasteiger partial charge is 0.266 e. The maximum Gasteiger partial charge on any atom is 0.266 e. The van der Waals surface area contributed by atoms with E-state index >= 15 is 4.39 Å². The van der Waals surface area contributed by atoms with E-state index in [4.69, 9.17) is 32.2 Å². The second kappa shape index (κ2) is 9.48. The number of benzene rings is 3. The highest BCUT2D eigenvalue weighted by atomic mass is 35.5. The number of hydrogen-bond donors (Lipinski definition) is 1. The summed E-state index contributed by atoms with van der Waals surface area (Å²) in [7, 11) is 1.40. The Kier molecular flexibility index (Phi) is 5.96. The molecule has 6 aromatic rings. The van der Waals surface area contributed by atoms with E-state index in [9.17, 15) is 4.79 Å². The van der Waals surface area contributed by atoms with Gasteiger partial charge in [0.2, 0.25) is 0 Å². The first kappa shape index (κ1) is 24.5. The van der Waals surface area contributed by atoms with Gasteiger partial charge in [-0.15, -0.1) is 0 Å². The zero-order chi connectivity index (χ0) is 27.3. The van der Waals surface area contributed by atoms with E-state index in [2.05, 4.69) is 9.97 Å². The lowest BCUT2D eigenvalue weighted by atomic mass is 10.1. The van der Waals surface area contributed by atoms with E-state index in [0.717, 1.165) is 0 Å². The number of fused-ring (bicyclic) bond motifs is 2. The van der Waals surface area contributed by atoms with Crippen LogP contribution in [0.4, 0.5) is 10.2 Å². The van der Waals surface area contributed by atoms with Crippen LogP contribution in [-0.4, -0.2) is 36.4 Å². The van der Waals surface area contributed by atoms with Crippen LogP contribution in [0.25, 0.3) is 38.9 Å². The maximum absolute atomic E-state index is 15.4. The number of aromatic nitrogens is 6. The Morgan fingerprint density at radius 3 is 2.54 bits per heavy atom. The fourth-order valence-corrected chi connectivity index (χ4v) is 4.93. The summed E-state index contributed by atoms with van der Waals surface area (Å²) in [5.41, 5.74) is 7.85. The second-order valence-corrected chi connectivity index (χ2v) is 9.21. The van der Waals surface area contributed by atoms with Crippen LogP contribution >= 0.6 is 11.6 Å². The number of nitrogen functional groups attached to an aromatic ring is 1. The Labute approximate surface area is 226 Å². The summed E-state index contributed by atoms with van der Waals surface area (Å²) in [4.78, 5) is 27.1. The lowest BCUT2D eigenvalue weighted by molar-refractivity contribution is 0.412. The molecule has 9 nitrogen and oxygen atoms in total. The van der Waals surface area contributed by atoms with Crippen LogP contribution in [0.1, 0.15) is 18.8 Å². The second-order valence-electron chi connectivity index (χ2n) is 8.83. The Hall–Kier alpha value is -4.83. The molecule has 1 atom stereocenters. The molecule has 0 aliphatic carbocycles. The Morgan fingerprint density at radius 1 is 1.03 bits per heavy atom. The molecule has 194 valence electrons. The highest BCUT2D eigenvalue weighted by Crippen LogP contribution is 2.38. The van der Waals surface area contributed by atoms with Crippen LogP contribution in [0.5, 0.6) is 5.75 Å². The fraction of sp³-hybridized carbons (Fsp3) is 0.107. The van der Waals surface area contributed by atoms with Gasteiger partial charge in [-0.1, -0.05) is 41.9 Å². The highest BCUT2D eigenvalue weighted by molar-refractivity contribution is 6.32. The summed E-state index contributed by atoms with van der Waals surface area (Å²) < 4.78 is 23.7. The number of anilines is 1. The van der Waals surface area contributed by atoms with E-state index in [1.165, 1.54) is 19.5 Å². The Bertz CT molecular complexity index is 1940. The van der Waals surface area contributed by atoms with E-state index in [1.807, 2.05) is 43.3 Å². The predicted octanol–water partition coefficient (Wildman–Crippen LogP) is 5.19. The highest BCUT2D eigenvalue weighted by Gasteiger charge is 2.27. The number of halogens is 2. The molecule has 0 saturated carbocycles. The van der Waals surface area contributed by atoms with Gasteiger partial charge in [-0.2, -0.15) is 5.10 Å². The minimum atomic E-state index is -0.719. The standard InChI is InChI=1S/C28H21ClFN7O2/c1-15(26-34-19-11-7-6-10-17(19)28(38)36(26)16-8-4-3-5-9-16)37-27-21(25(31)32-14-33-27)24(35-37)18-12-13-20(39-2)22(29)23(18)30/h3-15H,1-2H3,(H2,31,32,33). The number of nitrogens with zero attached hydrogens (tertiary/aromatic N) is 6. The van der Waals surface area contributed by atoms with Crippen molar-refractivity contribution in [2.45, 2.75) is 13.0 Å². The monoisotopic (exact) mass is 541 g/mol. The first-order valence-corrected chi connectivity index (χ1v) is 12.4. The molecular weight excluding hydrogens is 521 g/mol. The van der Waals surface area contributed by atoms with Crippen molar-refractivity contribution in [3.05, 3.63) is 100 Å². The fourth-order valence-electron chi connectivity index (χ4n) is 4.69. The van der Waals surface area contributed by atoms with Crippen LogP contribution < -0.4 is 16.0 Å². The maximum atomic E-state index is 15.4. The lowest BCUT2D eigenvalue weighted by Gasteiger charge is -2.19. The van der Waals surface area contributed by atoms with Crippen LogP contribution in [0.2, 0.25) is 5.02 Å². The van der Waals surface area contributed by atoms with E-state index in [-0.39, 0.29) is 33.4 Å². The first-order chi connectivity index (χ1) is 18.9. The number of nitrogens with two attached hydrogens (primary N) is 1. The van der Waals surface area contributed by atoms with Crippen molar-refractivity contribution in [3.8, 4) is 22.7 Å². The molecule has 6 rings (SSSR count). The number of hydrogen-bond acceptors (Lipinski definition) is 7. The van der Waals surface area contributed by atoms with Gasteiger partial charge in [0, 0.05) is 5.56 Å². The molecule has 0 fully saturated rings. The van der Waals surface area contributed by atoms with E-state index in [0.29, 0.717) is 33.4 Å². The third-order valence-electron chi connectivity index (χ3n) is 6.60. The third-order valence-corrected chi connectivity index (χ3v) is 6.95. The SMILES string of the molecule is COc1ccc(-c2nn(C(C)c3nc4ccccc4c(=O)n3-c3ccccc3)c3ncnc(N)c23)c(F)c1Cl. The van der Waals surface area contributed by atoms with Crippen molar-refractivity contribution < 1.29 is 9.13 Å². The van der Waals surface area contributed by atoms with Crippen molar-refractivity contribution in [2.24, 2.45) is 0 Å². The number of methoxy groups -OCH3 is 1. The molecule has 0 aliphatic rings. The van der Waals surface area contributed by atoms with Gasteiger partial charge in [-0.25, -0.2) is 24.0 Å². The minimum absolute atomic E-state index is 0.102. The number of rotatable bonds is 5. The molecule has 39 heavy (non-hydrogen) atoms. The molecule has 0 aliphatic heterocycles. The summed E-state index contributed by atoms with van der Waals surface area (Å²) >= 11 is 6.22. The zero-order valence-corrected chi connectivity index (χ0v) is 21.6. The minimum Gasteiger partial charge on any atom is -0.495 e. The van der Waals surface area contributed by atoms with Crippen LogP contribution in [-0.2, 0) is 0 Å². The average molecular weight is 542 g/mol. The van der Waals surface area contributed by atoms with Crippen LogP contribution in [0, 0.1) is 5.82 Å². The summed E-state index contributed by atoms with van der Waals surface area (Å²) in [6.07, 6.45) is 1.31. The van der Waals surface area contributed by atoms with Crippen LogP contribution in [0.3, 0.4) is 0 Å². The summed E-state index contributed by atoms with van der Waals surface area (Å²) in [6.45, 7) is 1.84. The van der Waals surface area contributed by atoms with Crippen molar-refractivity contribution in [1.82, 2.24) is 29.3 Å². The molecule has 11 heteroatoms. The van der Waals surface area contributed by atoms with Gasteiger partial charge in [0.05, 0.1) is 29.1 Å². The van der Waals surface area contributed by atoms with E-state index in [1.54, 1.807) is 33.5 Å². The van der Waals surface area contributed by atoms with E-state index < -0.39 is 11.9 Å². The quantitative estimate of drug-likeness (QED) is 0.319. The topological polar surface area (TPSA) is 114 Å². The first-order valence-electron chi connectivity index (χ1n) is 12.0. The van der Waals surface area contributed by atoms with Gasteiger partial charge in [0.15, 0.2) is 11.5 Å². The molecule has 0 saturated heterocycles. The van der Waals surface area contributed by atoms with Gasteiger partial charge in [-0.3, -0.25) is 9.36 Å². The summed E-state index contributed by atoms with van der Waals surface area (Å²) in [5, 5.41) is 5.38. The molecule has 0 radical (unpaired) electrons. The normalized spacial score (nSPS) is 12.2. The van der Waals surface area contributed by atoms with Gasteiger partial charge in [0.25, 0.3) is 5.56 Å². The molecule has 3 aromatic carbocycles. The molecule has 3 heterocycles. The van der Waals surface area contributed by atoms with Gasteiger partial charge in [-0.05, 0) is 43.3 Å². The zero-order valence-electron chi connectivity index (χ0n) is 20.8. The van der Waals surface area contributed by atoms with Gasteiger partial charge in [0.1, 0.15) is 40.5 Å². The van der Waals surface area contributed by atoms with Crippen LogP contribution in [0.15, 0.2) is 77.9 Å². The average Bonchev–Trinajstić information content (AvgIpc) is 3.35. The Morgan fingerprint density at radius 2 is 1.77 bits per heavy atom. The van der Waals surface area contributed by atoms with Crippen molar-refractivity contribution >= 4 is 39.4 Å². The van der Waals surface area contributed by atoms with Gasteiger partial charge >= 0.3 is 0 Å². The molecule has 0 spiro atoms. The predicted molar refractivity (Wildman–Crippen MR) is 148 cm³/mol. The lowest BCUT2D eigenvalue weighted by Crippen LogP contribution is -2.27. The summed E-state index contributed by atoms with van der Waals surface area (Å²) in [5.74, 6) is -0.00652. The number of ether oxygens (including phenoxy) is 1. The van der Waals surface area contributed by atoms with Gasteiger partial charge < -0.3 is 10.5 Å². The van der Waals surface area contributed by atoms with Crippen molar-refractivity contribution in [2.75, 3.05) is 12.8 Å². The molecule has 1 unspecified atom stereocenters. The number of para-hydroxylation sites is 2. The molecule has 3 aromatic heterocycles. The van der Waals surface area contributed by atoms with Crippen molar-refractivity contribution in [1.29, 1.82) is 0 Å². The largest absolute Gasteiger partial charge is 0.495 e. The molecular formula is C28H21ClFN7O2. The van der Waals surface area contributed by atoms with Crippen molar-refractivity contribution in [3.63, 3.8) is 0 Å².